The average Bonchev–Trinajstić information content (AvgIpc) is 3.00. The first-order valence-electron chi connectivity index (χ1n) is 6.53. The maximum atomic E-state index is 12.2. The van der Waals surface area contributed by atoms with E-state index < -0.39 is 10.0 Å². The van der Waals surface area contributed by atoms with Crippen LogP contribution in [0.1, 0.15) is 12.8 Å². The van der Waals surface area contributed by atoms with Gasteiger partial charge >= 0.3 is 0 Å². The lowest BCUT2D eigenvalue weighted by atomic mass is 9.92. The van der Waals surface area contributed by atoms with Gasteiger partial charge in [-0.05, 0) is 36.8 Å². The van der Waals surface area contributed by atoms with Crippen LogP contribution < -0.4 is 5.32 Å². The topological polar surface area (TPSA) is 58.5 Å². The highest BCUT2D eigenvalue weighted by atomic mass is 32.2. The van der Waals surface area contributed by atoms with Crippen LogP contribution in [0, 0.1) is 17.8 Å². The molecular formula is C14H14N2O2S. The summed E-state index contributed by atoms with van der Waals surface area (Å²) in [5.74, 6) is 1.88. The number of fused-ring (bicyclic) bond motifs is 3. The normalized spacial score (nSPS) is 33.7. The highest BCUT2D eigenvalue weighted by molar-refractivity contribution is 7.90. The zero-order chi connectivity index (χ0) is 13.0. The predicted octanol–water partition coefficient (Wildman–Crippen LogP) is 2.41. The molecule has 1 heterocycles. The lowest BCUT2D eigenvalue weighted by Crippen LogP contribution is -2.30. The van der Waals surface area contributed by atoms with Crippen molar-refractivity contribution in [3.63, 3.8) is 0 Å². The third-order valence-electron chi connectivity index (χ3n) is 4.28. The van der Waals surface area contributed by atoms with Crippen molar-refractivity contribution in [2.45, 2.75) is 17.7 Å². The van der Waals surface area contributed by atoms with Crippen LogP contribution >= 0.6 is 0 Å². The molecule has 0 unspecified atom stereocenters. The van der Waals surface area contributed by atoms with E-state index in [-0.39, 0.29) is 10.8 Å². The Kier molecular flexibility index (Phi) is 2.18. The highest BCUT2D eigenvalue weighted by Crippen LogP contribution is 2.45. The molecule has 4 nitrogen and oxygen atoms in total. The predicted molar refractivity (Wildman–Crippen MR) is 73.5 cm³/mol. The second kappa shape index (κ2) is 3.70. The molecule has 1 N–H and O–H groups in total. The lowest BCUT2D eigenvalue weighted by Gasteiger charge is -2.25. The van der Waals surface area contributed by atoms with E-state index >= 15 is 0 Å². The van der Waals surface area contributed by atoms with Crippen LogP contribution in [0.4, 0.5) is 5.69 Å². The van der Waals surface area contributed by atoms with Crippen molar-refractivity contribution in [2.24, 2.45) is 22.2 Å². The molecule has 0 aromatic heterocycles. The van der Waals surface area contributed by atoms with Crippen molar-refractivity contribution in [3.8, 4) is 0 Å². The third-order valence-corrected chi connectivity index (χ3v) is 5.63. The van der Waals surface area contributed by atoms with Gasteiger partial charge in [-0.25, -0.2) is 0 Å². The van der Waals surface area contributed by atoms with Crippen LogP contribution in [-0.2, 0) is 10.0 Å². The van der Waals surface area contributed by atoms with Gasteiger partial charge in [0.1, 0.15) is 10.7 Å². The molecule has 5 heteroatoms. The summed E-state index contributed by atoms with van der Waals surface area (Å²) in [6, 6.07) is 6.95. The van der Waals surface area contributed by atoms with Gasteiger partial charge in [0.25, 0.3) is 10.0 Å². The zero-order valence-electron chi connectivity index (χ0n) is 10.3. The molecule has 1 fully saturated rings. The Morgan fingerprint density at radius 1 is 1.16 bits per heavy atom. The van der Waals surface area contributed by atoms with Gasteiger partial charge in [-0.3, -0.25) is 0 Å². The largest absolute Gasteiger partial charge is 0.342 e. The molecule has 1 aliphatic heterocycles. The summed E-state index contributed by atoms with van der Waals surface area (Å²) < 4.78 is 28.4. The van der Waals surface area contributed by atoms with E-state index in [1.165, 1.54) is 0 Å². The molecule has 0 saturated heterocycles. The number of para-hydroxylation sites is 1. The van der Waals surface area contributed by atoms with Gasteiger partial charge < -0.3 is 5.32 Å². The van der Waals surface area contributed by atoms with Crippen molar-refractivity contribution in [1.29, 1.82) is 0 Å². The van der Waals surface area contributed by atoms with Crippen LogP contribution in [0.3, 0.4) is 0 Å². The molecule has 1 saturated carbocycles. The molecule has 19 heavy (non-hydrogen) atoms. The van der Waals surface area contributed by atoms with E-state index in [1.807, 2.05) is 6.07 Å². The van der Waals surface area contributed by atoms with Crippen molar-refractivity contribution in [2.75, 3.05) is 5.32 Å². The Morgan fingerprint density at radius 2 is 2.00 bits per heavy atom. The van der Waals surface area contributed by atoms with Crippen LogP contribution in [0.15, 0.2) is 45.7 Å². The molecule has 1 aromatic carbocycles. The van der Waals surface area contributed by atoms with Crippen LogP contribution in [-0.4, -0.2) is 14.3 Å². The number of hydrogen-bond acceptors (Lipinski definition) is 3. The van der Waals surface area contributed by atoms with Gasteiger partial charge in [0.2, 0.25) is 0 Å². The highest BCUT2D eigenvalue weighted by Gasteiger charge is 2.40. The fourth-order valence-electron chi connectivity index (χ4n) is 3.39. The third kappa shape index (κ3) is 1.64. The Morgan fingerprint density at radius 3 is 2.74 bits per heavy atom. The van der Waals surface area contributed by atoms with E-state index in [4.69, 9.17) is 0 Å². The number of amidine groups is 1. The quantitative estimate of drug-likeness (QED) is 0.800. The lowest BCUT2D eigenvalue weighted by molar-refractivity contribution is 0.576. The summed E-state index contributed by atoms with van der Waals surface area (Å²) in [5, 5.41) is 3.22. The van der Waals surface area contributed by atoms with Crippen LogP contribution in [0.2, 0.25) is 0 Å². The Hall–Kier alpha value is -1.62. The Balaban J connectivity index is 1.77. The molecule has 0 radical (unpaired) electrons. The van der Waals surface area contributed by atoms with Gasteiger partial charge in [0.15, 0.2) is 0 Å². The second-order valence-corrected chi connectivity index (χ2v) is 7.03. The van der Waals surface area contributed by atoms with Gasteiger partial charge in [-0.15, -0.1) is 4.40 Å². The van der Waals surface area contributed by atoms with Gasteiger partial charge in [0.05, 0.1) is 5.69 Å². The summed E-state index contributed by atoms with van der Waals surface area (Å²) in [6.45, 7) is 0. The summed E-state index contributed by atoms with van der Waals surface area (Å²) in [5.41, 5.74) is 0.652. The number of sulfonamides is 1. The van der Waals surface area contributed by atoms with Crippen molar-refractivity contribution in [1.82, 2.24) is 0 Å². The fraction of sp³-hybridized carbons (Fsp3) is 0.357. The van der Waals surface area contributed by atoms with Gasteiger partial charge in [0, 0.05) is 5.92 Å². The Bertz CT molecular complexity index is 706. The monoisotopic (exact) mass is 274 g/mol. The number of anilines is 1. The molecule has 3 atom stereocenters. The standard InChI is InChI=1S/C14H14N2O2S/c17-19(18)13-4-2-1-3-12(13)15-14(16-19)11-8-9-5-6-10(11)7-9/h1-6,9-11H,7-8H2,(H,15,16)/t9-,10-,11+/m0/s1. The molecule has 0 spiro atoms. The first-order valence-corrected chi connectivity index (χ1v) is 7.97. The molecule has 2 bridgehead atoms. The number of nitrogens with one attached hydrogen (secondary N) is 1. The summed E-state index contributed by atoms with van der Waals surface area (Å²) in [7, 11) is -3.54. The molecule has 1 aromatic rings. The minimum absolute atomic E-state index is 0.220. The first-order chi connectivity index (χ1) is 9.13. The molecule has 4 rings (SSSR count). The summed E-state index contributed by atoms with van der Waals surface area (Å²) in [6.07, 6.45) is 6.58. The minimum Gasteiger partial charge on any atom is -0.342 e. The SMILES string of the molecule is O=S1(=O)N=C([C@@H]2C[C@H]3C=C[C@H]2C3)Nc2ccccc21. The van der Waals surface area contributed by atoms with E-state index in [9.17, 15) is 8.42 Å². The number of rotatable bonds is 1. The van der Waals surface area contributed by atoms with E-state index in [1.54, 1.807) is 18.2 Å². The zero-order valence-corrected chi connectivity index (χ0v) is 11.1. The molecular weight excluding hydrogens is 260 g/mol. The van der Waals surface area contributed by atoms with E-state index in [0.717, 1.165) is 12.8 Å². The molecule has 98 valence electrons. The van der Waals surface area contributed by atoms with Gasteiger partial charge in [-0.1, -0.05) is 24.3 Å². The Labute approximate surface area is 112 Å². The smallest absolute Gasteiger partial charge is 0.286 e. The number of benzene rings is 1. The van der Waals surface area contributed by atoms with Gasteiger partial charge in [-0.2, -0.15) is 8.42 Å². The van der Waals surface area contributed by atoms with Crippen molar-refractivity contribution in [3.05, 3.63) is 36.4 Å². The first kappa shape index (κ1) is 11.2. The molecule has 0 amide bonds. The van der Waals surface area contributed by atoms with E-state index in [0.29, 0.717) is 23.4 Å². The van der Waals surface area contributed by atoms with E-state index in [2.05, 4.69) is 21.9 Å². The minimum atomic E-state index is -3.54. The average molecular weight is 274 g/mol. The summed E-state index contributed by atoms with van der Waals surface area (Å²) >= 11 is 0. The van der Waals surface area contributed by atoms with Crippen LogP contribution in [0.25, 0.3) is 0 Å². The molecule has 2 aliphatic carbocycles. The number of hydrogen-bond donors (Lipinski definition) is 1. The number of nitrogens with zero attached hydrogens (tertiary/aromatic N) is 1. The number of allylic oxidation sites excluding steroid dienone is 2. The van der Waals surface area contributed by atoms with Crippen molar-refractivity contribution >= 4 is 21.5 Å². The van der Waals surface area contributed by atoms with Crippen molar-refractivity contribution < 1.29 is 8.42 Å². The second-order valence-electron chi connectivity index (χ2n) is 5.46. The fourth-order valence-corrected chi connectivity index (χ4v) is 4.58. The maximum Gasteiger partial charge on any atom is 0.286 e. The maximum absolute atomic E-state index is 12.2. The van der Waals surface area contributed by atoms with Crippen LogP contribution in [0.5, 0.6) is 0 Å². The summed E-state index contributed by atoms with van der Waals surface area (Å²) in [4.78, 5) is 0.275. The molecule has 3 aliphatic rings.